The molecule has 1 amide bonds. The molecule has 0 N–H and O–H groups in total. The number of nitrogens with zero attached hydrogens (tertiary/aromatic N) is 2. The summed E-state index contributed by atoms with van der Waals surface area (Å²) in [4.78, 5) is 20.3. The first-order chi connectivity index (χ1) is 15.6. The Labute approximate surface area is 192 Å². The molecule has 1 heterocycles. The summed E-state index contributed by atoms with van der Waals surface area (Å²) in [5.74, 6) is 1.52. The number of aliphatic imine (C=N–C) groups is 1. The highest BCUT2D eigenvalue weighted by atomic mass is 32.2. The van der Waals surface area contributed by atoms with Crippen LogP contribution in [0.25, 0.3) is 16.8 Å². The zero-order valence-electron chi connectivity index (χ0n) is 18.5. The fraction of sp³-hybridized carbons (Fsp3) is 0.231. The number of hydrogen-bond acceptors (Lipinski definition) is 5. The highest BCUT2D eigenvalue weighted by Crippen LogP contribution is 2.38. The third kappa shape index (κ3) is 4.50. The minimum absolute atomic E-state index is 0.0425. The lowest BCUT2D eigenvalue weighted by molar-refractivity contribution is -0.122. The normalized spacial score (nSPS) is 16.3. The van der Waals surface area contributed by atoms with E-state index in [4.69, 9.17) is 14.5 Å². The van der Waals surface area contributed by atoms with Crippen molar-refractivity contribution >= 4 is 45.4 Å². The molecule has 164 valence electrons. The molecule has 4 rings (SSSR count). The molecule has 5 nitrogen and oxygen atoms in total. The Morgan fingerprint density at radius 1 is 1.03 bits per heavy atom. The molecule has 0 atom stereocenters. The number of carbonyl (C=O) groups excluding carboxylic acids is 1. The van der Waals surface area contributed by atoms with Crippen LogP contribution in [0.4, 0.5) is 5.69 Å². The summed E-state index contributed by atoms with van der Waals surface area (Å²) in [6.45, 7) is 5.21. The van der Waals surface area contributed by atoms with E-state index >= 15 is 0 Å². The predicted molar refractivity (Wildman–Crippen MR) is 133 cm³/mol. The Balaban J connectivity index is 1.74. The van der Waals surface area contributed by atoms with Gasteiger partial charge in [-0.25, -0.2) is 4.99 Å². The molecule has 6 heteroatoms. The number of thioether (sulfide) groups is 1. The molecule has 32 heavy (non-hydrogen) atoms. The zero-order chi connectivity index (χ0) is 22.5. The average molecular weight is 447 g/mol. The number of amidine groups is 1. The van der Waals surface area contributed by atoms with Crippen molar-refractivity contribution in [2.45, 2.75) is 20.3 Å². The zero-order valence-corrected chi connectivity index (χ0v) is 19.3. The van der Waals surface area contributed by atoms with Crippen LogP contribution in [0.1, 0.15) is 25.8 Å². The fourth-order valence-corrected chi connectivity index (χ4v) is 4.58. The Bertz CT molecular complexity index is 1190. The van der Waals surface area contributed by atoms with Crippen LogP contribution in [0.2, 0.25) is 0 Å². The van der Waals surface area contributed by atoms with E-state index < -0.39 is 0 Å². The van der Waals surface area contributed by atoms with Crippen LogP contribution in [-0.2, 0) is 4.79 Å². The van der Waals surface area contributed by atoms with Crippen molar-refractivity contribution in [3.8, 4) is 11.5 Å². The maximum Gasteiger partial charge on any atom is 0.266 e. The van der Waals surface area contributed by atoms with Crippen LogP contribution < -0.4 is 9.47 Å². The van der Waals surface area contributed by atoms with Crippen molar-refractivity contribution in [1.82, 2.24) is 4.90 Å². The van der Waals surface area contributed by atoms with Gasteiger partial charge in [-0.1, -0.05) is 37.3 Å². The van der Waals surface area contributed by atoms with Gasteiger partial charge in [-0.05, 0) is 72.3 Å². The van der Waals surface area contributed by atoms with Crippen molar-refractivity contribution in [3.63, 3.8) is 0 Å². The van der Waals surface area contributed by atoms with Gasteiger partial charge < -0.3 is 9.47 Å². The first-order valence-electron chi connectivity index (χ1n) is 10.7. The topological polar surface area (TPSA) is 51.1 Å². The summed E-state index contributed by atoms with van der Waals surface area (Å²) >= 11 is 1.39. The SMILES string of the molecule is CCCOc1ccc2ccccc2c1/C=C1\SC(=Nc2ccc(OC)cc2)N(CC)C1=O. The maximum atomic E-state index is 13.2. The second kappa shape index (κ2) is 9.92. The molecule has 0 saturated carbocycles. The van der Waals surface area contributed by atoms with E-state index in [2.05, 4.69) is 25.1 Å². The largest absolute Gasteiger partial charge is 0.497 e. The monoisotopic (exact) mass is 446 g/mol. The molecule has 0 radical (unpaired) electrons. The van der Waals surface area contributed by atoms with Gasteiger partial charge in [-0.2, -0.15) is 0 Å². The van der Waals surface area contributed by atoms with Crippen LogP contribution in [-0.4, -0.2) is 36.2 Å². The van der Waals surface area contributed by atoms with E-state index in [0.29, 0.717) is 23.2 Å². The number of likely N-dealkylation sites (N-methyl/N-ethyl adjacent to an activating group) is 1. The average Bonchev–Trinajstić information content (AvgIpc) is 3.12. The van der Waals surface area contributed by atoms with E-state index in [-0.39, 0.29) is 5.91 Å². The highest BCUT2D eigenvalue weighted by Gasteiger charge is 2.32. The maximum absolute atomic E-state index is 13.2. The van der Waals surface area contributed by atoms with Gasteiger partial charge >= 0.3 is 0 Å². The molecule has 0 aromatic heterocycles. The number of fused-ring (bicyclic) bond motifs is 1. The van der Waals surface area contributed by atoms with E-state index in [9.17, 15) is 4.79 Å². The third-order valence-corrected chi connectivity index (χ3v) is 6.18. The number of hydrogen-bond donors (Lipinski definition) is 0. The highest BCUT2D eigenvalue weighted by molar-refractivity contribution is 8.18. The molecule has 0 spiro atoms. The number of benzene rings is 3. The van der Waals surface area contributed by atoms with E-state index in [1.165, 1.54) is 11.8 Å². The van der Waals surface area contributed by atoms with E-state index in [1.54, 1.807) is 12.0 Å². The standard InChI is InChI=1S/C26H26N2O3S/c1-4-16-31-23-15-10-18-8-6-7-9-21(18)22(23)17-24-25(29)28(5-2)26(32-24)27-19-11-13-20(30-3)14-12-19/h6-15,17H,4-5,16H2,1-3H3/b24-17-,27-26?. The molecular weight excluding hydrogens is 420 g/mol. The van der Waals surface area contributed by atoms with Crippen LogP contribution in [0, 0.1) is 0 Å². The second-order valence-corrected chi connectivity index (χ2v) is 8.31. The van der Waals surface area contributed by atoms with Crippen molar-refractivity contribution < 1.29 is 14.3 Å². The lowest BCUT2D eigenvalue weighted by atomic mass is 10.0. The first kappa shape index (κ1) is 22.0. The van der Waals surface area contributed by atoms with Crippen molar-refractivity contribution in [3.05, 3.63) is 71.1 Å². The van der Waals surface area contributed by atoms with Crippen molar-refractivity contribution in [2.75, 3.05) is 20.3 Å². The van der Waals surface area contributed by atoms with Crippen LogP contribution in [0.5, 0.6) is 11.5 Å². The van der Waals surface area contributed by atoms with E-state index in [0.717, 1.165) is 39.9 Å². The summed E-state index contributed by atoms with van der Waals surface area (Å²) in [6.07, 6.45) is 2.86. The number of amides is 1. The van der Waals surface area contributed by atoms with Crippen molar-refractivity contribution in [1.29, 1.82) is 0 Å². The number of rotatable bonds is 7. The molecular formula is C26H26N2O3S. The summed E-state index contributed by atoms with van der Waals surface area (Å²) in [5.41, 5.74) is 1.70. The van der Waals surface area contributed by atoms with Crippen LogP contribution in [0.3, 0.4) is 0 Å². The smallest absolute Gasteiger partial charge is 0.266 e. The molecule has 1 aliphatic heterocycles. The number of ether oxygens (including phenoxy) is 2. The quantitative estimate of drug-likeness (QED) is 0.402. The predicted octanol–water partition coefficient (Wildman–Crippen LogP) is 6.26. The summed E-state index contributed by atoms with van der Waals surface area (Å²) in [5, 5.41) is 2.84. The van der Waals surface area contributed by atoms with Crippen molar-refractivity contribution in [2.24, 2.45) is 4.99 Å². The Kier molecular flexibility index (Phi) is 6.81. The number of carbonyl (C=O) groups is 1. The Morgan fingerprint density at radius 2 is 1.81 bits per heavy atom. The fourth-order valence-electron chi connectivity index (χ4n) is 3.53. The van der Waals surface area contributed by atoms with Gasteiger partial charge in [-0.3, -0.25) is 9.69 Å². The number of methoxy groups -OCH3 is 1. The minimum Gasteiger partial charge on any atom is -0.497 e. The lowest BCUT2D eigenvalue weighted by Crippen LogP contribution is -2.28. The molecule has 3 aromatic carbocycles. The van der Waals surface area contributed by atoms with Gasteiger partial charge in [0.05, 0.1) is 24.3 Å². The lowest BCUT2D eigenvalue weighted by Gasteiger charge is -2.13. The first-order valence-corrected chi connectivity index (χ1v) is 11.5. The molecule has 0 bridgehead atoms. The van der Waals surface area contributed by atoms with Gasteiger partial charge in [-0.15, -0.1) is 0 Å². The van der Waals surface area contributed by atoms with Gasteiger partial charge in [0.1, 0.15) is 11.5 Å². The Hall–Kier alpha value is -3.25. The summed E-state index contributed by atoms with van der Waals surface area (Å²) < 4.78 is 11.2. The van der Waals surface area contributed by atoms with Gasteiger partial charge in [0.15, 0.2) is 5.17 Å². The molecule has 1 aliphatic rings. The van der Waals surface area contributed by atoms with Gasteiger partial charge in [0.25, 0.3) is 5.91 Å². The van der Waals surface area contributed by atoms with Crippen LogP contribution in [0.15, 0.2) is 70.6 Å². The molecule has 1 fully saturated rings. The van der Waals surface area contributed by atoms with Gasteiger partial charge in [0, 0.05) is 12.1 Å². The van der Waals surface area contributed by atoms with E-state index in [1.807, 2.05) is 55.5 Å². The Morgan fingerprint density at radius 3 is 2.53 bits per heavy atom. The van der Waals surface area contributed by atoms with Crippen LogP contribution >= 0.6 is 11.8 Å². The minimum atomic E-state index is -0.0425. The molecule has 0 unspecified atom stereocenters. The molecule has 0 aliphatic carbocycles. The second-order valence-electron chi connectivity index (χ2n) is 7.30. The molecule has 3 aromatic rings. The van der Waals surface area contributed by atoms with Gasteiger partial charge in [0.2, 0.25) is 0 Å². The summed E-state index contributed by atoms with van der Waals surface area (Å²) in [6, 6.07) is 19.7. The third-order valence-electron chi connectivity index (χ3n) is 5.17. The summed E-state index contributed by atoms with van der Waals surface area (Å²) in [7, 11) is 1.63. The molecule has 1 saturated heterocycles.